The predicted molar refractivity (Wildman–Crippen MR) is 90.1 cm³/mol. The van der Waals surface area contributed by atoms with Gasteiger partial charge < -0.3 is 10.6 Å². The Balaban J connectivity index is 2.18. The van der Waals surface area contributed by atoms with Gasteiger partial charge in [0.1, 0.15) is 0 Å². The number of hydrogen-bond acceptors (Lipinski definition) is 3. The van der Waals surface area contributed by atoms with E-state index in [2.05, 4.69) is 55.0 Å². The molecule has 0 aliphatic rings. The van der Waals surface area contributed by atoms with E-state index in [1.807, 2.05) is 18.3 Å². The molecule has 0 saturated heterocycles. The molecule has 0 spiro atoms. The summed E-state index contributed by atoms with van der Waals surface area (Å²) in [5.41, 5.74) is 11.6. The van der Waals surface area contributed by atoms with Crippen molar-refractivity contribution < 1.29 is 0 Å². The van der Waals surface area contributed by atoms with Crippen LogP contribution >= 0.6 is 0 Å². The Kier molecular flexibility index (Phi) is 3.26. The lowest BCUT2D eigenvalue weighted by molar-refractivity contribution is 1.20. The smallest absolute Gasteiger partial charge is 0.0504 e. The van der Waals surface area contributed by atoms with E-state index in [1.165, 1.54) is 16.8 Å². The number of nitrogens with two attached hydrogens (primary N) is 1. The number of nitrogens with zero attached hydrogens (tertiary/aromatic N) is 2. The zero-order valence-electron chi connectivity index (χ0n) is 12.6. The van der Waals surface area contributed by atoms with Crippen molar-refractivity contribution in [2.45, 2.75) is 13.8 Å². The van der Waals surface area contributed by atoms with Gasteiger partial charge in [-0.25, -0.2) is 0 Å². The van der Waals surface area contributed by atoms with Crippen molar-refractivity contribution in [1.29, 1.82) is 0 Å². The summed E-state index contributed by atoms with van der Waals surface area (Å²) in [4.78, 5) is 6.43. The van der Waals surface area contributed by atoms with Crippen LogP contribution in [0.2, 0.25) is 0 Å². The third-order valence-corrected chi connectivity index (χ3v) is 3.78. The summed E-state index contributed by atoms with van der Waals surface area (Å²) in [6.45, 7) is 4.24. The molecule has 3 aromatic rings. The van der Waals surface area contributed by atoms with E-state index >= 15 is 0 Å². The van der Waals surface area contributed by atoms with E-state index in [0.29, 0.717) is 0 Å². The van der Waals surface area contributed by atoms with E-state index in [-0.39, 0.29) is 0 Å². The lowest BCUT2D eigenvalue weighted by Gasteiger charge is -2.22. The summed E-state index contributed by atoms with van der Waals surface area (Å²) < 4.78 is 0. The molecule has 0 amide bonds. The Labute approximate surface area is 125 Å². The first-order valence-electron chi connectivity index (χ1n) is 7.00. The molecule has 21 heavy (non-hydrogen) atoms. The first kappa shape index (κ1) is 13.4. The minimum Gasteiger partial charge on any atom is -0.398 e. The predicted octanol–water partition coefficient (Wildman–Crippen LogP) is 4.20. The van der Waals surface area contributed by atoms with Crippen LogP contribution in [0.5, 0.6) is 0 Å². The highest BCUT2D eigenvalue weighted by atomic mass is 15.1. The molecule has 1 heterocycles. The molecule has 3 rings (SSSR count). The molecule has 0 saturated carbocycles. The van der Waals surface area contributed by atoms with Gasteiger partial charge in [0.2, 0.25) is 0 Å². The molecule has 0 aliphatic heterocycles. The number of pyridine rings is 1. The van der Waals surface area contributed by atoms with Crippen molar-refractivity contribution in [1.82, 2.24) is 4.98 Å². The molecule has 0 aliphatic carbocycles. The molecule has 0 fully saturated rings. The quantitative estimate of drug-likeness (QED) is 0.714. The highest BCUT2D eigenvalue weighted by Gasteiger charge is 2.10. The van der Waals surface area contributed by atoms with Crippen molar-refractivity contribution in [2.75, 3.05) is 17.7 Å². The lowest BCUT2D eigenvalue weighted by atomic mass is 10.1. The first-order valence-corrected chi connectivity index (χ1v) is 7.00. The fourth-order valence-corrected chi connectivity index (χ4v) is 2.77. The average Bonchev–Trinajstić information content (AvgIpc) is 2.46. The van der Waals surface area contributed by atoms with Gasteiger partial charge in [-0.1, -0.05) is 6.07 Å². The van der Waals surface area contributed by atoms with E-state index < -0.39 is 0 Å². The van der Waals surface area contributed by atoms with Gasteiger partial charge in [0.05, 0.1) is 5.69 Å². The van der Waals surface area contributed by atoms with Crippen LogP contribution in [0.25, 0.3) is 10.8 Å². The first-order chi connectivity index (χ1) is 10.1. The number of nitrogen functional groups attached to an aromatic ring is 1. The van der Waals surface area contributed by atoms with Crippen molar-refractivity contribution in [2.24, 2.45) is 0 Å². The molecular formula is C18H19N3. The van der Waals surface area contributed by atoms with Gasteiger partial charge in [0.15, 0.2) is 0 Å². The molecule has 106 valence electrons. The van der Waals surface area contributed by atoms with Crippen LogP contribution in [0, 0.1) is 13.8 Å². The summed E-state index contributed by atoms with van der Waals surface area (Å²) in [6.07, 6.45) is 3.65. The monoisotopic (exact) mass is 277 g/mol. The van der Waals surface area contributed by atoms with Gasteiger partial charge >= 0.3 is 0 Å². The molecule has 2 N–H and O–H groups in total. The summed E-state index contributed by atoms with van der Waals surface area (Å²) in [7, 11) is 2.08. The van der Waals surface area contributed by atoms with Crippen molar-refractivity contribution in [3.8, 4) is 0 Å². The fourth-order valence-electron chi connectivity index (χ4n) is 2.77. The van der Waals surface area contributed by atoms with Crippen LogP contribution in [0.1, 0.15) is 11.1 Å². The molecule has 3 nitrogen and oxygen atoms in total. The van der Waals surface area contributed by atoms with Crippen LogP contribution < -0.4 is 10.6 Å². The van der Waals surface area contributed by atoms with Gasteiger partial charge in [-0.15, -0.1) is 0 Å². The number of aryl methyl sites for hydroxylation is 2. The molecule has 0 unspecified atom stereocenters. The largest absolute Gasteiger partial charge is 0.398 e. The Morgan fingerprint density at radius 2 is 1.67 bits per heavy atom. The van der Waals surface area contributed by atoms with Crippen LogP contribution in [-0.4, -0.2) is 12.0 Å². The second-order valence-electron chi connectivity index (χ2n) is 5.50. The second-order valence-corrected chi connectivity index (χ2v) is 5.50. The molecule has 0 radical (unpaired) electrons. The van der Waals surface area contributed by atoms with E-state index in [1.54, 1.807) is 6.20 Å². The highest BCUT2D eigenvalue weighted by Crippen LogP contribution is 2.34. The molecule has 3 heteroatoms. The lowest BCUT2D eigenvalue weighted by Crippen LogP contribution is -2.10. The van der Waals surface area contributed by atoms with Crippen LogP contribution in [0.15, 0.2) is 48.8 Å². The summed E-state index contributed by atoms with van der Waals surface area (Å²) >= 11 is 0. The maximum absolute atomic E-state index is 6.07. The zero-order valence-corrected chi connectivity index (χ0v) is 12.6. The van der Waals surface area contributed by atoms with Gasteiger partial charge in [-0.2, -0.15) is 0 Å². The van der Waals surface area contributed by atoms with E-state index in [9.17, 15) is 0 Å². The Morgan fingerprint density at radius 3 is 2.38 bits per heavy atom. The Morgan fingerprint density at radius 1 is 0.952 bits per heavy atom. The van der Waals surface area contributed by atoms with Crippen molar-refractivity contribution in [3.05, 3.63) is 59.9 Å². The standard InChI is InChI=1S/C18H19N3/c1-12-8-13(2)10-14(9-12)21(3)18-5-4-17(19)15-6-7-20-11-16(15)18/h4-11H,19H2,1-3H3. The maximum Gasteiger partial charge on any atom is 0.0504 e. The normalized spacial score (nSPS) is 10.8. The van der Waals surface area contributed by atoms with Crippen LogP contribution in [0.4, 0.5) is 17.1 Å². The van der Waals surface area contributed by atoms with Gasteiger partial charge in [0, 0.05) is 41.6 Å². The molecule has 0 atom stereocenters. The molecule has 2 aromatic carbocycles. The van der Waals surface area contributed by atoms with Crippen molar-refractivity contribution >= 4 is 27.8 Å². The Bertz CT molecular complexity index is 788. The molecule has 1 aromatic heterocycles. The number of rotatable bonds is 2. The van der Waals surface area contributed by atoms with Crippen LogP contribution in [-0.2, 0) is 0 Å². The minimum atomic E-state index is 0.782. The second kappa shape index (κ2) is 5.09. The van der Waals surface area contributed by atoms with Gasteiger partial charge in [-0.05, 0) is 55.3 Å². The van der Waals surface area contributed by atoms with Gasteiger partial charge in [0.25, 0.3) is 0 Å². The van der Waals surface area contributed by atoms with Crippen LogP contribution in [0.3, 0.4) is 0 Å². The van der Waals surface area contributed by atoms with E-state index in [0.717, 1.165) is 22.1 Å². The average molecular weight is 277 g/mol. The number of hydrogen-bond donors (Lipinski definition) is 1. The SMILES string of the molecule is Cc1cc(C)cc(N(C)c2ccc(N)c3ccncc23)c1. The maximum atomic E-state index is 6.07. The topological polar surface area (TPSA) is 42.1 Å². The molecular weight excluding hydrogens is 258 g/mol. The highest BCUT2D eigenvalue weighted by molar-refractivity contribution is 6.01. The third kappa shape index (κ3) is 2.42. The van der Waals surface area contributed by atoms with Gasteiger partial charge in [-0.3, -0.25) is 4.98 Å². The number of benzene rings is 2. The minimum absolute atomic E-state index is 0.782. The summed E-state index contributed by atoms with van der Waals surface area (Å²) in [5, 5.41) is 2.11. The summed E-state index contributed by atoms with van der Waals surface area (Å²) in [5.74, 6) is 0. The number of fused-ring (bicyclic) bond motifs is 1. The van der Waals surface area contributed by atoms with Crippen molar-refractivity contribution in [3.63, 3.8) is 0 Å². The summed E-state index contributed by atoms with van der Waals surface area (Å²) in [6, 6.07) is 12.5. The zero-order chi connectivity index (χ0) is 15.0. The Hall–Kier alpha value is -2.55. The fraction of sp³-hybridized carbons (Fsp3) is 0.167. The number of anilines is 3. The van der Waals surface area contributed by atoms with E-state index in [4.69, 9.17) is 5.73 Å². The third-order valence-electron chi connectivity index (χ3n) is 3.78. The molecule has 0 bridgehead atoms. The number of aromatic nitrogens is 1.